The number of carbonyl (C=O) groups is 2. The van der Waals surface area contributed by atoms with Crippen molar-refractivity contribution in [1.29, 1.82) is 0 Å². The molecule has 0 aromatic heterocycles. The van der Waals surface area contributed by atoms with Crippen molar-refractivity contribution in [2.75, 3.05) is 20.8 Å². The van der Waals surface area contributed by atoms with E-state index in [0.717, 1.165) is 27.8 Å². The summed E-state index contributed by atoms with van der Waals surface area (Å²) in [6, 6.07) is 20.7. The molecule has 1 aliphatic rings. The van der Waals surface area contributed by atoms with Crippen LogP contribution in [0.5, 0.6) is 11.5 Å². The van der Waals surface area contributed by atoms with Crippen LogP contribution < -0.4 is 14.8 Å². The number of nitrogens with one attached hydrogen (secondary N) is 1. The first-order valence-electron chi connectivity index (χ1n) is 12.3. The van der Waals surface area contributed by atoms with Crippen LogP contribution in [0.15, 0.2) is 66.7 Å². The monoisotopic (exact) mass is 503 g/mol. The molecule has 7 heteroatoms. The summed E-state index contributed by atoms with van der Waals surface area (Å²) in [4.78, 5) is 25.9. The predicted octanol–water partition coefficient (Wildman–Crippen LogP) is 5.50. The van der Waals surface area contributed by atoms with Gasteiger partial charge in [-0.1, -0.05) is 54.6 Å². The average Bonchev–Trinajstić information content (AvgIpc) is 3.19. The SMILES string of the molecule is COc1ccc(C[C@H](NC(=O)OCC2c3ccccc3-c3ccccc32)C(=O)OC(C)(C)C)cc1OC. The van der Waals surface area contributed by atoms with E-state index in [1.807, 2.05) is 30.3 Å². The fraction of sp³-hybridized carbons (Fsp3) is 0.333. The van der Waals surface area contributed by atoms with E-state index in [2.05, 4.69) is 29.6 Å². The maximum Gasteiger partial charge on any atom is 0.407 e. The summed E-state index contributed by atoms with van der Waals surface area (Å²) in [5, 5.41) is 2.72. The molecule has 0 radical (unpaired) electrons. The van der Waals surface area contributed by atoms with Crippen molar-refractivity contribution in [2.45, 2.75) is 44.8 Å². The zero-order valence-electron chi connectivity index (χ0n) is 21.9. The Morgan fingerprint density at radius 2 is 1.46 bits per heavy atom. The molecule has 0 fully saturated rings. The van der Waals surface area contributed by atoms with Crippen molar-refractivity contribution < 1.29 is 28.5 Å². The molecule has 0 aliphatic heterocycles. The standard InChI is InChI=1S/C30H33NO6/c1-30(2,3)37-28(32)25(16-19-14-15-26(34-4)27(17-19)35-5)31-29(33)36-18-24-22-12-8-6-10-20(22)21-11-7-9-13-23(21)24/h6-15,17,24-25H,16,18H2,1-5H3,(H,31,33)/t25-/m0/s1. The van der Waals surface area contributed by atoms with Crippen LogP contribution in [-0.2, 0) is 20.7 Å². The summed E-state index contributed by atoms with van der Waals surface area (Å²) in [6.07, 6.45) is -0.488. The van der Waals surface area contributed by atoms with E-state index in [0.29, 0.717) is 11.5 Å². The first kappa shape index (κ1) is 26.1. The number of hydrogen-bond acceptors (Lipinski definition) is 6. The maximum atomic E-state index is 13.0. The van der Waals surface area contributed by atoms with Crippen LogP contribution in [0.1, 0.15) is 43.4 Å². The highest BCUT2D eigenvalue weighted by atomic mass is 16.6. The van der Waals surface area contributed by atoms with Gasteiger partial charge in [-0.3, -0.25) is 0 Å². The van der Waals surface area contributed by atoms with E-state index in [-0.39, 0.29) is 18.9 Å². The number of carbonyl (C=O) groups excluding carboxylic acids is 2. The molecular formula is C30H33NO6. The van der Waals surface area contributed by atoms with E-state index in [1.54, 1.807) is 47.1 Å². The smallest absolute Gasteiger partial charge is 0.407 e. The van der Waals surface area contributed by atoms with Crippen LogP contribution in [0.25, 0.3) is 11.1 Å². The van der Waals surface area contributed by atoms with Gasteiger partial charge in [0.05, 0.1) is 14.2 Å². The highest BCUT2D eigenvalue weighted by Crippen LogP contribution is 2.44. The first-order chi connectivity index (χ1) is 17.7. The van der Waals surface area contributed by atoms with Gasteiger partial charge < -0.3 is 24.3 Å². The minimum Gasteiger partial charge on any atom is -0.493 e. The fourth-order valence-corrected chi connectivity index (χ4v) is 4.59. The van der Waals surface area contributed by atoms with E-state index < -0.39 is 23.7 Å². The highest BCUT2D eigenvalue weighted by Gasteiger charge is 2.31. The van der Waals surface area contributed by atoms with Gasteiger partial charge in [0.15, 0.2) is 11.5 Å². The Morgan fingerprint density at radius 3 is 2.03 bits per heavy atom. The van der Waals surface area contributed by atoms with Crippen molar-refractivity contribution in [3.8, 4) is 22.6 Å². The van der Waals surface area contributed by atoms with Crippen LogP contribution in [-0.4, -0.2) is 44.5 Å². The molecule has 1 N–H and O–H groups in total. The Labute approximate surface area is 217 Å². The van der Waals surface area contributed by atoms with Crippen LogP contribution >= 0.6 is 0 Å². The number of ether oxygens (including phenoxy) is 4. The molecule has 0 bridgehead atoms. The number of methoxy groups -OCH3 is 2. The molecular weight excluding hydrogens is 470 g/mol. The summed E-state index contributed by atoms with van der Waals surface area (Å²) >= 11 is 0. The lowest BCUT2D eigenvalue weighted by atomic mass is 9.98. The lowest BCUT2D eigenvalue weighted by Crippen LogP contribution is -2.46. The first-order valence-corrected chi connectivity index (χ1v) is 12.3. The van der Waals surface area contributed by atoms with Gasteiger partial charge in [0, 0.05) is 12.3 Å². The Balaban J connectivity index is 1.49. The Kier molecular flexibility index (Phi) is 7.71. The zero-order valence-corrected chi connectivity index (χ0v) is 21.9. The number of benzene rings is 3. The second-order valence-electron chi connectivity index (χ2n) is 9.95. The van der Waals surface area contributed by atoms with Gasteiger partial charge in [0.25, 0.3) is 0 Å². The summed E-state index contributed by atoms with van der Waals surface area (Å²) < 4.78 is 21.9. The van der Waals surface area contributed by atoms with Crippen LogP contribution in [0.3, 0.4) is 0 Å². The minimum absolute atomic E-state index is 0.0797. The molecule has 7 nitrogen and oxygen atoms in total. The molecule has 0 spiro atoms. The molecule has 37 heavy (non-hydrogen) atoms. The molecule has 3 aromatic carbocycles. The van der Waals surface area contributed by atoms with E-state index >= 15 is 0 Å². The fourth-order valence-electron chi connectivity index (χ4n) is 4.59. The van der Waals surface area contributed by atoms with E-state index in [4.69, 9.17) is 18.9 Å². The third kappa shape index (κ3) is 6.05. The number of rotatable bonds is 8. The maximum absolute atomic E-state index is 13.0. The molecule has 194 valence electrons. The minimum atomic E-state index is -0.951. The molecule has 0 saturated heterocycles. The van der Waals surface area contributed by atoms with Gasteiger partial charge in [-0.15, -0.1) is 0 Å². The van der Waals surface area contributed by atoms with E-state index in [1.165, 1.54) is 0 Å². The lowest BCUT2D eigenvalue weighted by Gasteiger charge is -2.25. The van der Waals surface area contributed by atoms with Gasteiger partial charge in [-0.2, -0.15) is 0 Å². The van der Waals surface area contributed by atoms with Gasteiger partial charge in [0.1, 0.15) is 18.2 Å². The summed E-state index contributed by atoms with van der Waals surface area (Å²) in [5.74, 6) is 0.480. The number of alkyl carbamates (subject to hydrolysis) is 1. The van der Waals surface area contributed by atoms with Crippen molar-refractivity contribution in [2.24, 2.45) is 0 Å². The van der Waals surface area contributed by atoms with Crippen LogP contribution in [0.2, 0.25) is 0 Å². The van der Waals surface area contributed by atoms with Gasteiger partial charge in [-0.25, -0.2) is 9.59 Å². The highest BCUT2D eigenvalue weighted by molar-refractivity contribution is 5.82. The summed E-state index contributed by atoms with van der Waals surface area (Å²) in [5.41, 5.74) is 4.58. The molecule has 1 amide bonds. The molecule has 1 aliphatic carbocycles. The topological polar surface area (TPSA) is 83.1 Å². The lowest BCUT2D eigenvalue weighted by molar-refractivity contribution is -0.157. The van der Waals surface area contributed by atoms with Crippen molar-refractivity contribution in [3.05, 3.63) is 83.4 Å². The van der Waals surface area contributed by atoms with Gasteiger partial charge in [0.2, 0.25) is 0 Å². The quantitative estimate of drug-likeness (QED) is 0.409. The second-order valence-corrected chi connectivity index (χ2v) is 9.95. The third-order valence-electron chi connectivity index (χ3n) is 6.21. The number of fused-ring (bicyclic) bond motifs is 3. The Morgan fingerprint density at radius 1 is 0.865 bits per heavy atom. The van der Waals surface area contributed by atoms with Crippen LogP contribution in [0, 0.1) is 0 Å². The van der Waals surface area contributed by atoms with Crippen LogP contribution in [0.4, 0.5) is 4.79 Å². The van der Waals surface area contributed by atoms with Crippen molar-refractivity contribution >= 4 is 12.1 Å². The summed E-state index contributed by atoms with van der Waals surface area (Å²) in [7, 11) is 3.10. The van der Waals surface area contributed by atoms with E-state index in [9.17, 15) is 9.59 Å². The average molecular weight is 504 g/mol. The molecule has 0 unspecified atom stereocenters. The normalized spacial score (nSPS) is 13.2. The zero-order chi connectivity index (χ0) is 26.6. The number of esters is 1. The third-order valence-corrected chi connectivity index (χ3v) is 6.21. The molecule has 1 atom stereocenters. The Hall–Kier alpha value is -4.00. The van der Waals surface area contributed by atoms with Crippen molar-refractivity contribution in [3.63, 3.8) is 0 Å². The second kappa shape index (κ2) is 10.9. The predicted molar refractivity (Wildman–Crippen MR) is 141 cm³/mol. The summed E-state index contributed by atoms with van der Waals surface area (Å²) in [6.45, 7) is 5.50. The van der Waals surface area contributed by atoms with Gasteiger partial charge >= 0.3 is 12.1 Å². The molecule has 0 heterocycles. The van der Waals surface area contributed by atoms with Crippen molar-refractivity contribution in [1.82, 2.24) is 5.32 Å². The van der Waals surface area contributed by atoms with Gasteiger partial charge in [-0.05, 0) is 60.7 Å². The molecule has 0 saturated carbocycles. The molecule has 3 aromatic rings. The number of hydrogen-bond donors (Lipinski definition) is 1. The largest absolute Gasteiger partial charge is 0.493 e. The molecule has 4 rings (SSSR count). The number of amides is 1. The Bertz CT molecular complexity index is 1230.